The fraction of sp³-hybridized carbons (Fsp3) is 0.379. The SMILES string of the molecule is CCO[C@@H](c1ccccc1)c1nc2cc(C#N)nc(-c3cncc(Cl)c3)c2n1C[C@H]1CC[C@H](C)CC1. The Morgan fingerprint density at radius 2 is 1.89 bits per heavy atom. The third-order valence-corrected chi connectivity index (χ3v) is 7.30. The lowest BCUT2D eigenvalue weighted by atomic mass is 9.83. The second-order valence-corrected chi connectivity index (χ2v) is 10.1. The van der Waals surface area contributed by atoms with Gasteiger partial charge in [0, 0.05) is 37.2 Å². The van der Waals surface area contributed by atoms with Crippen molar-refractivity contribution in [1.82, 2.24) is 19.5 Å². The van der Waals surface area contributed by atoms with Crippen molar-refractivity contribution in [2.45, 2.75) is 52.2 Å². The second-order valence-electron chi connectivity index (χ2n) is 9.68. The van der Waals surface area contributed by atoms with E-state index in [2.05, 4.69) is 34.7 Å². The first kappa shape index (κ1) is 24.4. The maximum Gasteiger partial charge on any atom is 0.143 e. The number of nitrogens with zero attached hydrogens (tertiary/aromatic N) is 5. The quantitative estimate of drug-likeness (QED) is 0.274. The van der Waals surface area contributed by atoms with Crippen LogP contribution in [0.4, 0.5) is 0 Å². The van der Waals surface area contributed by atoms with Crippen molar-refractivity contribution in [2.75, 3.05) is 6.61 Å². The fourth-order valence-corrected chi connectivity index (χ4v) is 5.42. The molecule has 7 heteroatoms. The van der Waals surface area contributed by atoms with Gasteiger partial charge in [0.05, 0.1) is 21.7 Å². The van der Waals surface area contributed by atoms with Gasteiger partial charge in [-0.3, -0.25) is 4.98 Å². The van der Waals surface area contributed by atoms with Crippen LogP contribution in [0.2, 0.25) is 5.02 Å². The molecule has 6 nitrogen and oxygen atoms in total. The van der Waals surface area contributed by atoms with E-state index in [-0.39, 0.29) is 6.10 Å². The average Bonchev–Trinajstić information content (AvgIpc) is 3.26. The van der Waals surface area contributed by atoms with Crippen LogP contribution in [0.5, 0.6) is 0 Å². The van der Waals surface area contributed by atoms with Crippen LogP contribution in [0.15, 0.2) is 54.9 Å². The molecule has 5 rings (SSSR count). The average molecular weight is 500 g/mol. The van der Waals surface area contributed by atoms with Gasteiger partial charge in [-0.15, -0.1) is 0 Å². The third-order valence-electron chi connectivity index (χ3n) is 7.09. The molecule has 3 aromatic heterocycles. The number of benzene rings is 1. The van der Waals surface area contributed by atoms with E-state index in [1.54, 1.807) is 18.5 Å². The number of nitriles is 1. The molecule has 184 valence electrons. The molecule has 1 aromatic carbocycles. The van der Waals surface area contributed by atoms with Crippen LogP contribution in [0.25, 0.3) is 22.3 Å². The molecule has 1 aliphatic rings. The lowest BCUT2D eigenvalue weighted by Gasteiger charge is -2.28. The predicted molar refractivity (Wildman–Crippen MR) is 142 cm³/mol. The van der Waals surface area contributed by atoms with Crippen molar-refractivity contribution in [3.8, 4) is 17.3 Å². The molecule has 0 spiro atoms. The van der Waals surface area contributed by atoms with Crippen molar-refractivity contribution in [1.29, 1.82) is 5.26 Å². The first-order chi connectivity index (χ1) is 17.6. The van der Waals surface area contributed by atoms with Crippen LogP contribution >= 0.6 is 11.6 Å². The smallest absolute Gasteiger partial charge is 0.143 e. The summed E-state index contributed by atoms with van der Waals surface area (Å²) >= 11 is 6.31. The first-order valence-corrected chi connectivity index (χ1v) is 13.0. The van der Waals surface area contributed by atoms with Crippen LogP contribution in [0, 0.1) is 23.2 Å². The number of ether oxygens (including phenoxy) is 1. The van der Waals surface area contributed by atoms with Gasteiger partial charge in [0.1, 0.15) is 23.7 Å². The van der Waals surface area contributed by atoms with Gasteiger partial charge >= 0.3 is 0 Å². The van der Waals surface area contributed by atoms with E-state index < -0.39 is 0 Å². The summed E-state index contributed by atoms with van der Waals surface area (Å²) in [7, 11) is 0. The maximum absolute atomic E-state index is 9.74. The van der Waals surface area contributed by atoms with Gasteiger partial charge in [0.2, 0.25) is 0 Å². The van der Waals surface area contributed by atoms with Crippen molar-refractivity contribution in [3.05, 3.63) is 77.0 Å². The van der Waals surface area contributed by atoms with Gasteiger partial charge in [0.25, 0.3) is 0 Å². The van der Waals surface area contributed by atoms with Crippen molar-refractivity contribution in [3.63, 3.8) is 0 Å². The van der Waals surface area contributed by atoms with E-state index in [9.17, 15) is 5.26 Å². The summed E-state index contributed by atoms with van der Waals surface area (Å²) < 4.78 is 8.60. The van der Waals surface area contributed by atoms with E-state index in [0.29, 0.717) is 28.9 Å². The Balaban J connectivity index is 1.75. The van der Waals surface area contributed by atoms with Crippen LogP contribution in [-0.2, 0) is 11.3 Å². The van der Waals surface area contributed by atoms with Gasteiger partial charge in [-0.05, 0) is 43.2 Å². The molecule has 1 saturated carbocycles. The molecule has 0 N–H and O–H groups in total. The molecule has 0 saturated heterocycles. The minimum Gasteiger partial charge on any atom is -0.366 e. The number of hydrogen-bond acceptors (Lipinski definition) is 5. The monoisotopic (exact) mass is 499 g/mol. The summed E-state index contributed by atoms with van der Waals surface area (Å²) in [6.07, 6.45) is 7.85. The van der Waals surface area contributed by atoms with Gasteiger partial charge in [-0.1, -0.05) is 61.7 Å². The van der Waals surface area contributed by atoms with Crippen LogP contribution in [0.1, 0.15) is 62.7 Å². The fourth-order valence-electron chi connectivity index (χ4n) is 5.24. The summed E-state index contributed by atoms with van der Waals surface area (Å²) in [5, 5.41) is 10.3. The number of halogens is 1. The molecule has 0 unspecified atom stereocenters. The highest BCUT2D eigenvalue weighted by atomic mass is 35.5. The lowest BCUT2D eigenvalue weighted by molar-refractivity contribution is 0.0817. The molecular formula is C29H30ClN5O. The Bertz CT molecular complexity index is 1390. The van der Waals surface area contributed by atoms with Crippen molar-refractivity contribution < 1.29 is 4.74 Å². The molecule has 0 aliphatic heterocycles. The van der Waals surface area contributed by atoms with Crippen molar-refractivity contribution >= 4 is 22.6 Å². The van der Waals surface area contributed by atoms with Crippen LogP contribution < -0.4 is 0 Å². The summed E-state index contributed by atoms with van der Waals surface area (Å²) in [4.78, 5) is 14.1. The standard InChI is InChI=1S/C29H30ClN5O/c1-3-36-28(21-7-5-4-6-8-21)29-34-25-14-24(15-31)33-26(22-13-23(30)17-32-16-22)27(25)35(29)18-20-11-9-19(2)10-12-20/h4-8,13-14,16-17,19-20,28H,3,9-12,18H2,1-2H3/t19-,20-,28-/m0/s1. The van der Waals surface area contributed by atoms with Crippen LogP contribution in [0.3, 0.4) is 0 Å². The minimum atomic E-state index is -0.331. The van der Waals surface area contributed by atoms with E-state index >= 15 is 0 Å². The molecule has 3 heterocycles. The van der Waals surface area contributed by atoms with Gasteiger partial charge in [-0.25, -0.2) is 9.97 Å². The molecule has 1 atom stereocenters. The topological polar surface area (TPSA) is 76.6 Å². The maximum atomic E-state index is 9.74. The highest BCUT2D eigenvalue weighted by molar-refractivity contribution is 6.30. The number of aromatic nitrogens is 4. The Kier molecular flexibility index (Phi) is 7.31. The molecule has 36 heavy (non-hydrogen) atoms. The number of rotatable bonds is 7. The van der Waals surface area contributed by atoms with E-state index in [4.69, 9.17) is 26.3 Å². The van der Waals surface area contributed by atoms with E-state index in [0.717, 1.165) is 40.4 Å². The zero-order valence-electron chi connectivity index (χ0n) is 20.7. The largest absolute Gasteiger partial charge is 0.366 e. The lowest BCUT2D eigenvalue weighted by Crippen LogP contribution is -2.21. The zero-order valence-corrected chi connectivity index (χ0v) is 21.4. The van der Waals surface area contributed by atoms with Gasteiger partial charge in [-0.2, -0.15) is 5.26 Å². The number of hydrogen-bond donors (Lipinski definition) is 0. The summed E-state index contributed by atoms with van der Waals surface area (Å²) in [6.45, 7) is 5.72. The normalized spacial score (nSPS) is 18.7. The molecule has 1 fully saturated rings. The molecule has 1 aliphatic carbocycles. The Labute approximate surface area is 216 Å². The van der Waals surface area contributed by atoms with Crippen molar-refractivity contribution in [2.24, 2.45) is 11.8 Å². The predicted octanol–water partition coefficient (Wildman–Crippen LogP) is 6.97. The van der Waals surface area contributed by atoms with E-state index in [1.807, 2.05) is 31.2 Å². The molecule has 0 bridgehead atoms. The molecule has 0 amide bonds. The second kappa shape index (κ2) is 10.8. The van der Waals surface area contributed by atoms with Gasteiger partial charge < -0.3 is 9.30 Å². The van der Waals surface area contributed by atoms with Crippen LogP contribution in [-0.4, -0.2) is 26.1 Å². The third kappa shape index (κ3) is 5.00. The molecular weight excluding hydrogens is 470 g/mol. The number of fused-ring (bicyclic) bond motifs is 1. The number of imidazole rings is 1. The minimum absolute atomic E-state index is 0.313. The van der Waals surface area contributed by atoms with E-state index in [1.165, 1.54) is 25.7 Å². The summed E-state index contributed by atoms with van der Waals surface area (Å²) in [6, 6.07) is 16.0. The zero-order chi connectivity index (χ0) is 25.1. The first-order valence-electron chi connectivity index (χ1n) is 12.7. The number of pyridine rings is 2. The van der Waals surface area contributed by atoms with Gasteiger partial charge in [0.15, 0.2) is 0 Å². The molecule has 0 radical (unpaired) electrons. The highest BCUT2D eigenvalue weighted by Crippen LogP contribution is 2.37. The highest BCUT2D eigenvalue weighted by Gasteiger charge is 2.28. The Morgan fingerprint density at radius 1 is 1.11 bits per heavy atom. The Hall–Kier alpha value is -3.27. The summed E-state index contributed by atoms with van der Waals surface area (Å²) in [5.41, 5.74) is 4.43. The Morgan fingerprint density at radius 3 is 2.58 bits per heavy atom. The molecule has 4 aromatic rings. The summed E-state index contributed by atoms with van der Waals surface area (Å²) in [5.74, 6) is 2.15.